The first-order valence-electron chi connectivity index (χ1n) is 5.91. The van der Waals surface area contributed by atoms with Gasteiger partial charge >= 0.3 is 5.97 Å². The molecule has 1 heterocycles. The second-order valence-corrected chi connectivity index (χ2v) is 5.09. The van der Waals surface area contributed by atoms with Crippen LogP contribution in [0.2, 0.25) is 0 Å². The Labute approximate surface area is 111 Å². The predicted octanol–water partition coefficient (Wildman–Crippen LogP) is -0.533. The SMILES string of the molecule is CCOC(=O)C1CSCCN1C(=O)C(N)COC. The summed E-state index contributed by atoms with van der Waals surface area (Å²) in [4.78, 5) is 25.4. The van der Waals surface area contributed by atoms with Gasteiger partial charge in [-0.05, 0) is 6.92 Å². The van der Waals surface area contributed by atoms with Crippen LogP contribution in [0.1, 0.15) is 6.92 Å². The first-order valence-corrected chi connectivity index (χ1v) is 7.06. The third-order valence-corrected chi connectivity index (χ3v) is 3.66. The zero-order chi connectivity index (χ0) is 13.5. The number of amides is 1. The van der Waals surface area contributed by atoms with Gasteiger partial charge in [0.2, 0.25) is 5.91 Å². The summed E-state index contributed by atoms with van der Waals surface area (Å²) < 4.78 is 9.85. The molecule has 2 atom stereocenters. The minimum absolute atomic E-state index is 0.151. The van der Waals surface area contributed by atoms with Crippen LogP contribution in [0.4, 0.5) is 0 Å². The molecule has 1 amide bonds. The molecule has 1 rings (SSSR count). The highest BCUT2D eigenvalue weighted by atomic mass is 32.2. The lowest BCUT2D eigenvalue weighted by Crippen LogP contribution is -2.56. The highest BCUT2D eigenvalue weighted by Crippen LogP contribution is 2.18. The first kappa shape index (κ1) is 15.3. The van der Waals surface area contributed by atoms with Crippen LogP contribution in [-0.4, -0.2) is 67.2 Å². The number of hydrogen-bond acceptors (Lipinski definition) is 6. The van der Waals surface area contributed by atoms with Gasteiger partial charge in [-0.15, -0.1) is 0 Å². The quantitative estimate of drug-likeness (QED) is 0.680. The molecule has 18 heavy (non-hydrogen) atoms. The van der Waals surface area contributed by atoms with Crippen molar-refractivity contribution in [3.05, 3.63) is 0 Å². The van der Waals surface area contributed by atoms with Crippen molar-refractivity contribution in [2.75, 3.05) is 38.4 Å². The average Bonchev–Trinajstić information content (AvgIpc) is 2.38. The molecular weight excluding hydrogens is 256 g/mol. The molecule has 104 valence electrons. The van der Waals surface area contributed by atoms with Gasteiger partial charge in [-0.3, -0.25) is 4.79 Å². The third-order valence-electron chi connectivity index (χ3n) is 2.63. The Morgan fingerprint density at radius 3 is 2.89 bits per heavy atom. The van der Waals surface area contributed by atoms with E-state index in [0.717, 1.165) is 5.75 Å². The number of rotatable bonds is 5. The van der Waals surface area contributed by atoms with Crippen LogP contribution in [0.5, 0.6) is 0 Å². The lowest BCUT2D eigenvalue weighted by atomic mass is 10.2. The summed E-state index contributed by atoms with van der Waals surface area (Å²) in [6.07, 6.45) is 0. The van der Waals surface area contributed by atoms with E-state index in [2.05, 4.69) is 0 Å². The van der Waals surface area contributed by atoms with Gasteiger partial charge < -0.3 is 20.1 Å². The van der Waals surface area contributed by atoms with Crippen molar-refractivity contribution >= 4 is 23.6 Å². The second kappa shape index (κ2) is 7.60. The number of thioether (sulfide) groups is 1. The van der Waals surface area contributed by atoms with Gasteiger partial charge in [0.25, 0.3) is 0 Å². The smallest absolute Gasteiger partial charge is 0.329 e. The summed E-state index contributed by atoms with van der Waals surface area (Å²) in [5.41, 5.74) is 5.72. The lowest BCUT2D eigenvalue weighted by molar-refractivity contribution is -0.154. The maximum absolute atomic E-state index is 12.1. The normalized spacial score (nSPS) is 21.5. The van der Waals surface area contributed by atoms with Crippen LogP contribution in [0, 0.1) is 0 Å². The van der Waals surface area contributed by atoms with Crippen molar-refractivity contribution in [2.24, 2.45) is 5.73 Å². The van der Waals surface area contributed by atoms with Crippen molar-refractivity contribution in [2.45, 2.75) is 19.0 Å². The van der Waals surface area contributed by atoms with Crippen LogP contribution in [0.3, 0.4) is 0 Å². The number of methoxy groups -OCH3 is 1. The van der Waals surface area contributed by atoms with Gasteiger partial charge in [0.05, 0.1) is 13.2 Å². The molecule has 0 spiro atoms. The maximum Gasteiger partial charge on any atom is 0.329 e. The summed E-state index contributed by atoms with van der Waals surface area (Å²) >= 11 is 1.64. The fourth-order valence-electron chi connectivity index (χ4n) is 1.77. The Bertz CT molecular complexity index is 301. The molecule has 6 nitrogen and oxygen atoms in total. The molecule has 1 fully saturated rings. The topological polar surface area (TPSA) is 81.9 Å². The molecule has 0 bridgehead atoms. The Hall–Kier alpha value is -0.790. The van der Waals surface area contributed by atoms with Crippen molar-refractivity contribution in [3.8, 4) is 0 Å². The van der Waals surface area contributed by atoms with Crippen LogP contribution < -0.4 is 5.73 Å². The molecule has 0 aliphatic carbocycles. The summed E-state index contributed by atoms with van der Waals surface area (Å²) in [5, 5.41) is 0. The standard InChI is InChI=1S/C11H20N2O4S/c1-3-17-11(15)9-7-18-5-4-13(9)10(14)8(12)6-16-2/h8-9H,3-7,12H2,1-2H3. The van der Waals surface area contributed by atoms with Crippen molar-refractivity contribution in [1.29, 1.82) is 0 Å². The summed E-state index contributed by atoms with van der Waals surface area (Å²) in [6, 6.07) is -1.26. The van der Waals surface area contributed by atoms with Crippen LogP contribution in [0.15, 0.2) is 0 Å². The Balaban J connectivity index is 2.69. The van der Waals surface area contributed by atoms with E-state index in [0.29, 0.717) is 18.9 Å². The molecule has 0 saturated carbocycles. The van der Waals surface area contributed by atoms with Gasteiger partial charge in [0.1, 0.15) is 12.1 Å². The highest BCUT2D eigenvalue weighted by molar-refractivity contribution is 7.99. The van der Waals surface area contributed by atoms with E-state index in [1.54, 1.807) is 18.7 Å². The van der Waals surface area contributed by atoms with Crippen LogP contribution in [0.25, 0.3) is 0 Å². The van der Waals surface area contributed by atoms with Crippen molar-refractivity contribution in [3.63, 3.8) is 0 Å². The summed E-state index contributed by atoms with van der Waals surface area (Å²) in [7, 11) is 1.49. The van der Waals surface area contributed by atoms with E-state index in [9.17, 15) is 9.59 Å². The number of esters is 1. The molecule has 1 saturated heterocycles. The largest absolute Gasteiger partial charge is 0.464 e. The van der Waals surface area contributed by atoms with Gasteiger partial charge in [0, 0.05) is 25.2 Å². The van der Waals surface area contributed by atoms with E-state index in [4.69, 9.17) is 15.2 Å². The zero-order valence-corrected chi connectivity index (χ0v) is 11.6. The van der Waals surface area contributed by atoms with Gasteiger partial charge in [-0.25, -0.2) is 4.79 Å². The van der Waals surface area contributed by atoms with E-state index in [1.165, 1.54) is 12.0 Å². The van der Waals surface area contributed by atoms with Gasteiger partial charge in [-0.2, -0.15) is 11.8 Å². The number of hydrogen-bond donors (Lipinski definition) is 1. The van der Waals surface area contributed by atoms with Crippen molar-refractivity contribution in [1.82, 2.24) is 4.90 Å². The zero-order valence-electron chi connectivity index (χ0n) is 10.8. The predicted molar refractivity (Wildman–Crippen MR) is 69.3 cm³/mol. The molecule has 1 aliphatic rings. The molecule has 1 aliphatic heterocycles. The molecule has 2 N–H and O–H groups in total. The number of nitrogens with two attached hydrogens (primary N) is 1. The highest BCUT2D eigenvalue weighted by Gasteiger charge is 2.35. The minimum Gasteiger partial charge on any atom is -0.464 e. The fourth-order valence-corrected chi connectivity index (χ4v) is 2.80. The minimum atomic E-state index is -0.727. The summed E-state index contributed by atoms with van der Waals surface area (Å²) in [6.45, 7) is 2.73. The number of ether oxygens (including phenoxy) is 2. The molecule has 0 aromatic carbocycles. The van der Waals surface area contributed by atoms with Gasteiger partial charge in [0.15, 0.2) is 0 Å². The number of carbonyl (C=O) groups excluding carboxylic acids is 2. The van der Waals surface area contributed by atoms with Crippen LogP contribution >= 0.6 is 11.8 Å². The van der Waals surface area contributed by atoms with E-state index < -0.39 is 12.1 Å². The molecule has 7 heteroatoms. The Morgan fingerprint density at radius 2 is 2.28 bits per heavy atom. The molecule has 0 aromatic heterocycles. The maximum atomic E-state index is 12.1. The summed E-state index contributed by atoms with van der Waals surface area (Å²) in [5.74, 6) is 0.754. The monoisotopic (exact) mass is 276 g/mol. The van der Waals surface area contributed by atoms with Crippen LogP contribution in [-0.2, 0) is 19.1 Å². The molecule has 2 unspecified atom stereocenters. The molecule has 0 aromatic rings. The van der Waals surface area contributed by atoms with Gasteiger partial charge in [-0.1, -0.05) is 0 Å². The Kier molecular flexibility index (Phi) is 6.45. The third kappa shape index (κ3) is 3.86. The number of carbonyl (C=O) groups is 2. The first-order chi connectivity index (χ1) is 8.61. The number of nitrogens with zero attached hydrogens (tertiary/aromatic N) is 1. The van der Waals surface area contributed by atoms with E-state index >= 15 is 0 Å². The second-order valence-electron chi connectivity index (χ2n) is 3.94. The lowest BCUT2D eigenvalue weighted by Gasteiger charge is -2.35. The van der Waals surface area contributed by atoms with E-state index in [1.807, 2.05) is 0 Å². The fraction of sp³-hybridized carbons (Fsp3) is 0.818. The Morgan fingerprint density at radius 1 is 1.56 bits per heavy atom. The van der Waals surface area contributed by atoms with E-state index in [-0.39, 0.29) is 18.5 Å². The molecular formula is C11H20N2O4S. The molecule has 0 radical (unpaired) electrons. The average molecular weight is 276 g/mol. The van der Waals surface area contributed by atoms with Crippen molar-refractivity contribution < 1.29 is 19.1 Å².